The molecule has 1 aliphatic carbocycles. The summed E-state index contributed by atoms with van der Waals surface area (Å²) < 4.78 is 10.6. The van der Waals surface area contributed by atoms with Crippen LogP contribution in [0, 0.1) is 5.92 Å². The van der Waals surface area contributed by atoms with Crippen LogP contribution in [-0.2, 0) is 0 Å². The van der Waals surface area contributed by atoms with Crippen molar-refractivity contribution in [3.63, 3.8) is 0 Å². The Morgan fingerprint density at radius 2 is 1.86 bits per heavy atom. The first-order chi connectivity index (χ1) is 10.6. The van der Waals surface area contributed by atoms with E-state index < -0.39 is 0 Å². The average molecular weight is 302 g/mol. The maximum Gasteiger partial charge on any atom is 0.225 e. The molecule has 1 fully saturated rings. The number of nitrogens with two attached hydrogens (primary N) is 1. The number of hydrogen-bond acceptors (Lipinski definition) is 6. The fourth-order valence-electron chi connectivity index (χ4n) is 3.06. The predicted octanol–water partition coefficient (Wildman–Crippen LogP) is 2.83. The SMILES string of the molecule is COc1cc2nc(NC3CCC(C)C3)nc(N)c2cc1OC. The summed E-state index contributed by atoms with van der Waals surface area (Å²) in [6, 6.07) is 4.06. The highest BCUT2D eigenvalue weighted by molar-refractivity contribution is 5.91. The van der Waals surface area contributed by atoms with Gasteiger partial charge in [0.15, 0.2) is 11.5 Å². The minimum Gasteiger partial charge on any atom is -0.493 e. The van der Waals surface area contributed by atoms with Crippen LogP contribution < -0.4 is 20.5 Å². The van der Waals surface area contributed by atoms with Gasteiger partial charge in [0.1, 0.15) is 5.82 Å². The van der Waals surface area contributed by atoms with Gasteiger partial charge in [0.25, 0.3) is 0 Å². The second kappa shape index (κ2) is 5.87. The number of rotatable bonds is 4. The van der Waals surface area contributed by atoms with Crippen LogP contribution in [0.4, 0.5) is 11.8 Å². The molecule has 0 amide bonds. The first-order valence-corrected chi connectivity index (χ1v) is 7.56. The Morgan fingerprint density at radius 1 is 1.14 bits per heavy atom. The zero-order valence-electron chi connectivity index (χ0n) is 13.2. The van der Waals surface area contributed by atoms with Crippen LogP contribution in [0.3, 0.4) is 0 Å². The van der Waals surface area contributed by atoms with Crippen LogP contribution in [0.5, 0.6) is 11.5 Å². The highest BCUT2D eigenvalue weighted by Gasteiger charge is 2.22. The fraction of sp³-hybridized carbons (Fsp3) is 0.500. The Labute approximate surface area is 130 Å². The normalized spacial score (nSPS) is 21.0. The third kappa shape index (κ3) is 2.73. The van der Waals surface area contributed by atoms with E-state index in [0.717, 1.165) is 29.7 Å². The van der Waals surface area contributed by atoms with E-state index in [1.54, 1.807) is 14.2 Å². The molecule has 1 heterocycles. The Hall–Kier alpha value is -2.24. The summed E-state index contributed by atoms with van der Waals surface area (Å²) in [4.78, 5) is 8.95. The third-order valence-electron chi connectivity index (χ3n) is 4.26. The molecule has 2 atom stereocenters. The zero-order chi connectivity index (χ0) is 15.7. The standard InChI is InChI=1S/C16H22N4O2/c1-9-4-5-10(6-9)18-16-19-12-8-14(22-3)13(21-2)7-11(12)15(17)20-16/h7-10H,4-6H2,1-3H3,(H3,17,18,19,20). The van der Waals surface area contributed by atoms with Crippen LogP contribution >= 0.6 is 0 Å². The van der Waals surface area contributed by atoms with Gasteiger partial charge in [-0.05, 0) is 31.2 Å². The van der Waals surface area contributed by atoms with Crippen molar-refractivity contribution in [1.82, 2.24) is 9.97 Å². The van der Waals surface area contributed by atoms with Crippen LogP contribution in [0.15, 0.2) is 12.1 Å². The van der Waals surface area contributed by atoms with Gasteiger partial charge in [0.05, 0.1) is 19.7 Å². The van der Waals surface area contributed by atoms with Crippen molar-refractivity contribution >= 4 is 22.7 Å². The molecule has 0 saturated heterocycles. The van der Waals surface area contributed by atoms with Gasteiger partial charge < -0.3 is 20.5 Å². The van der Waals surface area contributed by atoms with E-state index in [0.29, 0.717) is 29.3 Å². The van der Waals surface area contributed by atoms with Crippen LogP contribution in [0.2, 0.25) is 0 Å². The number of anilines is 2. The summed E-state index contributed by atoms with van der Waals surface area (Å²) in [5.41, 5.74) is 6.84. The van der Waals surface area contributed by atoms with E-state index in [1.807, 2.05) is 12.1 Å². The molecule has 2 aromatic rings. The lowest BCUT2D eigenvalue weighted by atomic mass is 10.1. The lowest BCUT2D eigenvalue weighted by Crippen LogP contribution is -2.17. The number of hydrogen-bond donors (Lipinski definition) is 2. The first-order valence-electron chi connectivity index (χ1n) is 7.56. The molecule has 6 nitrogen and oxygen atoms in total. The predicted molar refractivity (Wildman–Crippen MR) is 87.5 cm³/mol. The molecule has 0 bridgehead atoms. The lowest BCUT2D eigenvalue weighted by Gasteiger charge is -2.14. The molecule has 118 valence electrons. The minimum absolute atomic E-state index is 0.423. The number of benzene rings is 1. The second-order valence-electron chi connectivity index (χ2n) is 5.92. The van der Waals surface area contributed by atoms with E-state index in [4.69, 9.17) is 15.2 Å². The van der Waals surface area contributed by atoms with Gasteiger partial charge in [0.2, 0.25) is 5.95 Å². The molecule has 0 radical (unpaired) electrons. The van der Waals surface area contributed by atoms with Gasteiger partial charge in [0, 0.05) is 17.5 Å². The minimum atomic E-state index is 0.423. The van der Waals surface area contributed by atoms with E-state index in [2.05, 4.69) is 22.2 Å². The van der Waals surface area contributed by atoms with Gasteiger partial charge in [-0.3, -0.25) is 0 Å². The number of nitrogens with one attached hydrogen (secondary N) is 1. The number of ether oxygens (including phenoxy) is 2. The maximum absolute atomic E-state index is 6.09. The number of methoxy groups -OCH3 is 2. The Morgan fingerprint density at radius 3 is 2.50 bits per heavy atom. The summed E-state index contributed by atoms with van der Waals surface area (Å²) in [5, 5.41) is 4.16. The molecular weight excluding hydrogens is 280 g/mol. The summed E-state index contributed by atoms with van der Waals surface area (Å²) >= 11 is 0. The fourth-order valence-corrected chi connectivity index (χ4v) is 3.06. The maximum atomic E-state index is 6.09. The Balaban J connectivity index is 1.96. The zero-order valence-corrected chi connectivity index (χ0v) is 13.2. The molecule has 2 unspecified atom stereocenters. The molecule has 6 heteroatoms. The van der Waals surface area contributed by atoms with Crippen molar-refractivity contribution in [1.29, 1.82) is 0 Å². The molecule has 1 aliphatic rings. The van der Waals surface area contributed by atoms with Gasteiger partial charge >= 0.3 is 0 Å². The van der Waals surface area contributed by atoms with Crippen molar-refractivity contribution in [3.8, 4) is 11.5 Å². The lowest BCUT2D eigenvalue weighted by molar-refractivity contribution is 0.356. The smallest absolute Gasteiger partial charge is 0.225 e. The van der Waals surface area contributed by atoms with E-state index >= 15 is 0 Å². The largest absolute Gasteiger partial charge is 0.493 e. The van der Waals surface area contributed by atoms with Crippen LogP contribution in [0.25, 0.3) is 10.9 Å². The molecule has 22 heavy (non-hydrogen) atoms. The van der Waals surface area contributed by atoms with Gasteiger partial charge in [-0.25, -0.2) is 4.98 Å². The van der Waals surface area contributed by atoms with Crippen LogP contribution in [0.1, 0.15) is 26.2 Å². The van der Waals surface area contributed by atoms with E-state index in [1.165, 1.54) is 6.42 Å². The summed E-state index contributed by atoms with van der Waals surface area (Å²) in [6.45, 7) is 2.27. The molecule has 3 N–H and O–H groups in total. The summed E-state index contributed by atoms with van der Waals surface area (Å²) in [7, 11) is 3.20. The van der Waals surface area contributed by atoms with E-state index in [-0.39, 0.29) is 0 Å². The Kier molecular flexibility index (Phi) is 3.92. The molecule has 1 aromatic heterocycles. The number of aromatic nitrogens is 2. The Bertz CT molecular complexity index is 689. The quantitative estimate of drug-likeness (QED) is 0.903. The molecular formula is C16H22N4O2. The van der Waals surface area contributed by atoms with Gasteiger partial charge in [-0.15, -0.1) is 0 Å². The van der Waals surface area contributed by atoms with Crippen molar-refractivity contribution in [3.05, 3.63) is 12.1 Å². The topological polar surface area (TPSA) is 82.3 Å². The number of nitrogens with zero attached hydrogens (tertiary/aromatic N) is 2. The second-order valence-corrected chi connectivity index (χ2v) is 5.92. The third-order valence-corrected chi connectivity index (χ3v) is 4.26. The summed E-state index contributed by atoms with van der Waals surface area (Å²) in [5.74, 6) is 3.03. The average Bonchev–Trinajstić information content (AvgIpc) is 2.91. The van der Waals surface area contributed by atoms with E-state index in [9.17, 15) is 0 Å². The number of nitrogen functional groups attached to an aromatic ring is 1. The molecule has 1 saturated carbocycles. The summed E-state index contributed by atoms with van der Waals surface area (Å²) in [6.07, 6.45) is 3.54. The number of fused-ring (bicyclic) bond motifs is 1. The van der Waals surface area contributed by atoms with Crippen molar-refractivity contribution in [2.24, 2.45) is 5.92 Å². The van der Waals surface area contributed by atoms with Gasteiger partial charge in [-0.1, -0.05) is 6.92 Å². The highest BCUT2D eigenvalue weighted by atomic mass is 16.5. The van der Waals surface area contributed by atoms with Crippen LogP contribution in [-0.4, -0.2) is 30.2 Å². The van der Waals surface area contributed by atoms with Crippen molar-refractivity contribution < 1.29 is 9.47 Å². The first kappa shape index (κ1) is 14.7. The molecule has 0 spiro atoms. The molecule has 3 rings (SSSR count). The van der Waals surface area contributed by atoms with Crippen molar-refractivity contribution in [2.75, 3.05) is 25.3 Å². The molecule has 1 aromatic carbocycles. The highest BCUT2D eigenvalue weighted by Crippen LogP contribution is 2.34. The molecule has 0 aliphatic heterocycles. The van der Waals surface area contributed by atoms with Gasteiger partial charge in [-0.2, -0.15) is 4.98 Å². The monoisotopic (exact) mass is 302 g/mol. The van der Waals surface area contributed by atoms with Crippen molar-refractivity contribution in [2.45, 2.75) is 32.2 Å².